The zero-order valence-electron chi connectivity index (χ0n) is 14.2. The number of carbonyl (C=O) groups is 2. The van der Waals surface area contributed by atoms with Gasteiger partial charge >= 0.3 is 6.01 Å². The lowest BCUT2D eigenvalue weighted by Crippen LogP contribution is -2.37. The summed E-state index contributed by atoms with van der Waals surface area (Å²) >= 11 is 1.22. The molecule has 8 nitrogen and oxygen atoms in total. The van der Waals surface area contributed by atoms with Gasteiger partial charge in [0.1, 0.15) is 5.75 Å². The molecule has 1 aliphatic heterocycles. The van der Waals surface area contributed by atoms with E-state index >= 15 is 0 Å². The van der Waals surface area contributed by atoms with E-state index < -0.39 is 11.9 Å². The van der Waals surface area contributed by atoms with Crippen LogP contribution in [-0.4, -0.2) is 47.0 Å². The van der Waals surface area contributed by atoms with Crippen LogP contribution in [-0.2, 0) is 4.79 Å². The van der Waals surface area contributed by atoms with Crippen molar-refractivity contribution < 1.29 is 23.8 Å². The molecular weight excluding hydrogens is 358 g/mol. The molecule has 0 radical (unpaired) electrons. The van der Waals surface area contributed by atoms with Gasteiger partial charge in [-0.05, 0) is 18.6 Å². The van der Waals surface area contributed by atoms with Gasteiger partial charge in [-0.25, -0.2) is 0 Å². The Balaban J connectivity index is 1.83. The minimum Gasteiger partial charge on any atom is -0.481 e. The summed E-state index contributed by atoms with van der Waals surface area (Å²) in [6, 6.07) is 7.67. The number of para-hydroxylation sites is 1. The van der Waals surface area contributed by atoms with E-state index in [2.05, 4.69) is 15.3 Å². The van der Waals surface area contributed by atoms with Crippen molar-refractivity contribution in [1.82, 2.24) is 15.3 Å². The fourth-order valence-electron chi connectivity index (χ4n) is 2.34. The maximum Gasteiger partial charge on any atom is 0.328 e. The molecule has 1 aliphatic rings. The second-order valence-electron chi connectivity index (χ2n) is 5.32. The van der Waals surface area contributed by atoms with E-state index in [1.54, 1.807) is 24.3 Å². The predicted octanol–water partition coefficient (Wildman–Crippen LogP) is 2.05. The third-order valence-electron chi connectivity index (χ3n) is 3.65. The maximum atomic E-state index is 12.6. The quantitative estimate of drug-likeness (QED) is 0.819. The van der Waals surface area contributed by atoms with Gasteiger partial charge in [0.25, 0.3) is 5.91 Å². The summed E-state index contributed by atoms with van der Waals surface area (Å²) in [6.07, 6.45) is 0.620. The number of aromatic nitrogens is 2. The number of nitrogens with zero attached hydrogens (tertiary/aromatic N) is 2. The molecule has 9 heteroatoms. The molecule has 0 bridgehead atoms. The number of thioether (sulfide) groups is 1. The van der Waals surface area contributed by atoms with Crippen molar-refractivity contribution in [1.29, 1.82) is 0 Å². The molecule has 0 saturated carbocycles. The lowest BCUT2D eigenvalue weighted by molar-refractivity contribution is -0.112. The molecule has 26 heavy (non-hydrogen) atoms. The van der Waals surface area contributed by atoms with Gasteiger partial charge in [0.05, 0.1) is 31.9 Å². The van der Waals surface area contributed by atoms with Crippen LogP contribution in [0.1, 0.15) is 16.8 Å². The number of benzene rings is 1. The SMILES string of the molecule is COc1cc(OC)nc(Oc2ccccc2C(=O)N[C@H]2CCSC2=O)n1. The summed E-state index contributed by atoms with van der Waals surface area (Å²) in [6.45, 7) is 0. The highest BCUT2D eigenvalue weighted by molar-refractivity contribution is 8.14. The molecule has 1 saturated heterocycles. The number of amides is 1. The van der Waals surface area contributed by atoms with Crippen molar-refractivity contribution >= 4 is 22.8 Å². The first-order chi connectivity index (χ1) is 12.6. The lowest BCUT2D eigenvalue weighted by atomic mass is 10.1. The van der Waals surface area contributed by atoms with E-state index in [0.29, 0.717) is 12.2 Å². The van der Waals surface area contributed by atoms with Crippen molar-refractivity contribution in [3.63, 3.8) is 0 Å². The third-order valence-corrected chi connectivity index (χ3v) is 4.66. The summed E-state index contributed by atoms with van der Waals surface area (Å²) < 4.78 is 15.8. The van der Waals surface area contributed by atoms with Crippen LogP contribution >= 0.6 is 11.8 Å². The number of methoxy groups -OCH3 is 2. The summed E-state index contributed by atoms with van der Waals surface area (Å²) in [4.78, 5) is 32.5. The van der Waals surface area contributed by atoms with Crippen molar-refractivity contribution in [2.45, 2.75) is 12.5 Å². The first-order valence-corrected chi connectivity index (χ1v) is 8.80. The van der Waals surface area contributed by atoms with Gasteiger partial charge in [-0.15, -0.1) is 0 Å². The largest absolute Gasteiger partial charge is 0.481 e. The van der Waals surface area contributed by atoms with Gasteiger partial charge < -0.3 is 19.5 Å². The standard InChI is InChI=1S/C17H17N3O5S/c1-23-13-9-14(24-2)20-17(19-13)25-12-6-4-3-5-10(12)15(21)18-11-7-8-26-16(11)22/h3-6,9,11H,7-8H2,1-2H3,(H,18,21)/t11-/m0/s1. The van der Waals surface area contributed by atoms with E-state index in [1.807, 2.05) is 0 Å². The van der Waals surface area contributed by atoms with Crippen molar-refractivity contribution in [2.75, 3.05) is 20.0 Å². The van der Waals surface area contributed by atoms with Crippen LogP contribution in [0.15, 0.2) is 30.3 Å². The number of carbonyl (C=O) groups excluding carboxylic acids is 2. The maximum absolute atomic E-state index is 12.6. The minimum absolute atomic E-state index is 0.0195. The summed E-state index contributed by atoms with van der Waals surface area (Å²) in [5.74, 6) is 1.11. The van der Waals surface area contributed by atoms with Gasteiger partial charge in [-0.1, -0.05) is 23.9 Å². The summed E-state index contributed by atoms with van der Waals surface area (Å²) in [7, 11) is 2.92. The van der Waals surface area contributed by atoms with Crippen LogP contribution < -0.4 is 19.5 Å². The van der Waals surface area contributed by atoms with Gasteiger partial charge in [0.2, 0.25) is 16.9 Å². The normalized spacial score (nSPS) is 16.2. The van der Waals surface area contributed by atoms with E-state index in [0.717, 1.165) is 0 Å². The smallest absolute Gasteiger partial charge is 0.328 e. The molecule has 2 aromatic rings. The number of hydrogen-bond donors (Lipinski definition) is 1. The first-order valence-electron chi connectivity index (χ1n) is 7.82. The second-order valence-corrected chi connectivity index (χ2v) is 6.41. The number of rotatable bonds is 6. The fourth-order valence-corrected chi connectivity index (χ4v) is 3.28. The van der Waals surface area contributed by atoms with E-state index in [1.165, 1.54) is 32.0 Å². The Morgan fingerprint density at radius 3 is 2.50 bits per heavy atom. The van der Waals surface area contributed by atoms with E-state index in [-0.39, 0.29) is 34.2 Å². The molecule has 1 aromatic heterocycles. The van der Waals surface area contributed by atoms with Gasteiger partial charge in [-0.2, -0.15) is 9.97 Å². The minimum atomic E-state index is -0.478. The second kappa shape index (κ2) is 8.05. The monoisotopic (exact) mass is 375 g/mol. The average Bonchev–Trinajstić information content (AvgIpc) is 3.06. The number of nitrogens with one attached hydrogen (secondary N) is 1. The van der Waals surface area contributed by atoms with Crippen LogP contribution in [0.2, 0.25) is 0 Å². The van der Waals surface area contributed by atoms with Crippen LogP contribution in [0.25, 0.3) is 0 Å². The van der Waals surface area contributed by atoms with Crippen LogP contribution in [0.4, 0.5) is 0 Å². The molecule has 136 valence electrons. The van der Waals surface area contributed by atoms with Crippen molar-refractivity contribution in [3.8, 4) is 23.5 Å². The molecule has 1 aromatic carbocycles. The number of hydrogen-bond acceptors (Lipinski definition) is 8. The molecule has 2 heterocycles. The zero-order valence-corrected chi connectivity index (χ0v) is 15.0. The molecule has 3 rings (SSSR count). The van der Waals surface area contributed by atoms with Gasteiger partial charge in [0, 0.05) is 5.75 Å². The van der Waals surface area contributed by atoms with Gasteiger partial charge in [0.15, 0.2) is 0 Å². The predicted molar refractivity (Wildman–Crippen MR) is 95.0 cm³/mol. The van der Waals surface area contributed by atoms with Crippen molar-refractivity contribution in [2.24, 2.45) is 0 Å². The Labute approximate surface area is 154 Å². The Bertz CT molecular complexity index is 808. The van der Waals surface area contributed by atoms with Crippen LogP contribution in [0.5, 0.6) is 23.5 Å². The highest BCUT2D eigenvalue weighted by Gasteiger charge is 2.28. The van der Waals surface area contributed by atoms with E-state index in [9.17, 15) is 9.59 Å². The Morgan fingerprint density at radius 1 is 1.19 bits per heavy atom. The Morgan fingerprint density at radius 2 is 1.88 bits per heavy atom. The molecule has 1 amide bonds. The summed E-state index contributed by atoms with van der Waals surface area (Å²) in [5.41, 5.74) is 0.280. The highest BCUT2D eigenvalue weighted by atomic mass is 32.2. The molecule has 1 N–H and O–H groups in total. The fraction of sp³-hybridized carbons (Fsp3) is 0.294. The molecule has 0 aliphatic carbocycles. The first kappa shape index (κ1) is 18.0. The Kier molecular flexibility index (Phi) is 5.57. The molecular formula is C17H17N3O5S. The van der Waals surface area contributed by atoms with Crippen molar-refractivity contribution in [3.05, 3.63) is 35.9 Å². The Hall–Kier alpha value is -2.81. The lowest BCUT2D eigenvalue weighted by Gasteiger charge is -2.13. The summed E-state index contributed by atoms with van der Waals surface area (Å²) in [5, 5.41) is 2.71. The van der Waals surface area contributed by atoms with E-state index in [4.69, 9.17) is 14.2 Å². The third kappa shape index (κ3) is 4.05. The van der Waals surface area contributed by atoms with Gasteiger partial charge in [-0.3, -0.25) is 9.59 Å². The van der Waals surface area contributed by atoms with Crippen LogP contribution in [0.3, 0.4) is 0 Å². The average molecular weight is 375 g/mol. The molecule has 1 atom stereocenters. The number of ether oxygens (including phenoxy) is 3. The molecule has 0 spiro atoms. The molecule has 0 unspecified atom stereocenters. The highest BCUT2D eigenvalue weighted by Crippen LogP contribution is 2.27. The van der Waals surface area contributed by atoms with Crippen LogP contribution in [0, 0.1) is 0 Å². The molecule has 1 fully saturated rings. The topological polar surface area (TPSA) is 99.6 Å². The zero-order chi connectivity index (χ0) is 18.5.